The summed E-state index contributed by atoms with van der Waals surface area (Å²) in [6.07, 6.45) is 0. The van der Waals surface area contributed by atoms with Crippen LogP contribution in [0.1, 0.15) is 0 Å². The van der Waals surface area contributed by atoms with Crippen molar-refractivity contribution in [2.75, 3.05) is 0 Å². The number of hydrogen-bond acceptors (Lipinski definition) is 4. The van der Waals surface area contributed by atoms with Crippen molar-refractivity contribution in [3.8, 4) is 39.9 Å². The molecule has 46 heavy (non-hydrogen) atoms. The fourth-order valence-electron chi connectivity index (χ4n) is 6.88. The Morgan fingerprint density at radius 1 is 0.413 bits per heavy atom. The number of aromatic nitrogens is 4. The summed E-state index contributed by atoms with van der Waals surface area (Å²) in [6, 6.07) is 51.5. The van der Waals surface area contributed by atoms with E-state index in [4.69, 9.17) is 15.0 Å². The molecule has 214 valence electrons. The standard InChI is InChI=1S/C41H24N4S/c1-3-10-26(11-4-1)39-42-40(27-12-5-2-6-13-27)44-41(43-39)45-33-16-9-14-25-18-19-29-22-30(24-34(45)38(29)37(25)33)28-20-21-36-32(23-28)31-15-7-8-17-35(31)46-36/h1-24H. The molecule has 5 heteroatoms. The van der Waals surface area contributed by atoms with E-state index in [-0.39, 0.29) is 0 Å². The Balaban J connectivity index is 1.28. The van der Waals surface area contributed by atoms with E-state index in [1.807, 2.05) is 47.7 Å². The number of nitrogens with zero attached hydrogens (tertiary/aromatic N) is 4. The van der Waals surface area contributed by atoms with Crippen LogP contribution in [0.3, 0.4) is 0 Å². The lowest BCUT2D eigenvalue weighted by molar-refractivity contribution is 0.954. The van der Waals surface area contributed by atoms with Gasteiger partial charge in [-0.2, -0.15) is 9.97 Å². The number of fused-ring (bicyclic) bond motifs is 3. The van der Waals surface area contributed by atoms with Crippen molar-refractivity contribution in [3.63, 3.8) is 0 Å². The Bertz CT molecular complexity index is 2690. The van der Waals surface area contributed by atoms with E-state index in [1.165, 1.54) is 47.3 Å². The molecule has 0 bridgehead atoms. The second-order valence-electron chi connectivity index (χ2n) is 11.7. The van der Waals surface area contributed by atoms with Crippen molar-refractivity contribution in [1.82, 2.24) is 19.5 Å². The zero-order valence-electron chi connectivity index (χ0n) is 24.6. The molecule has 0 aliphatic carbocycles. The lowest BCUT2D eigenvalue weighted by Gasteiger charge is -2.11. The number of rotatable bonds is 4. The van der Waals surface area contributed by atoms with Crippen LogP contribution >= 0.6 is 11.3 Å². The maximum Gasteiger partial charge on any atom is 0.238 e. The van der Waals surface area contributed by atoms with E-state index in [0.29, 0.717) is 17.6 Å². The van der Waals surface area contributed by atoms with Gasteiger partial charge < -0.3 is 0 Å². The third kappa shape index (κ3) is 3.82. The fraction of sp³-hybridized carbons (Fsp3) is 0. The molecule has 0 unspecified atom stereocenters. The van der Waals surface area contributed by atoms with E-state index in [2.05, 4.69) is 114 Å². The van der Waals surface area contributed by atoms with Crippen LogP contribution < -0.4 is 0 Å². The first-order valence-electron chi connectivity index (χ1n) is 15.4. The molecule has 10 rings (SSSR count). The van der Waals surface area contributed by atoms with E-state index in [1.54, 1.807) is 0 Å². The molecule has 3 heterocycles. The molecule has 4 nitrogen and oxygen atoms in total. The van der Waals surface area contributed by atoms with Crippen LogP contribution in [0.4, 0.5) is 0 Å². The van der Waals surface area contributed by atoms with Crippen LogP contribution in [0.15, 0.2) is 146 Å². The summed E-state index contributed by atoms with van der Waals surface area (Å²) in [5.74, 6) is 1.90. The molecule has 0 amide bonds. The van der Waals surface area contributed by atoms with Crippen molar-refractivity contribution in [1.29, 1.82) is 0 Å². The molecule has 0 N–H and O–H groups in total. The monoisotopic (exact) mass is 604 g/mol. The average molecular weight is 605 g/mol. The second kappa shape index (κ2) is 9.80. The highest BCUT2D eigenvalue weighted by atomic mass is 32.1. The van der Waals surface area contributed by atoms with Gasteiger partial charge in [0.15, 0.2) is 11.6 Å². The summed E-state index contributed by atoms with van der Waals surface area (Å²) < 4.78 is 4.85. The lowest BCUT2D eigenvalue weighted by Crippen LogP contribution is -2.06. The lowest BCUT2D eigenvalue weighted by atomic mass is 9.96. The van der Waals surface area contributed by atoms with Crippen LogP contribution in [-0.4, -0.2) is 19.5 Å². The highest BCUT2D eigenvalue weighted by Crippen LogP contribution is 2.42. The zero-order chi connectivity index (χ0) is 30.2. The maximum absolute atomic E-state index is 5.14. The molecule has 0 fully saturated rings. The van der Waals surface area contributed by atoms with E-state index in [0.717, 1.165) is 27.7 Å². The van der Waals surface area contributed by atoms with Gasteiger partial charge in [-0.25, -0.2) is 4.98 Å². The zero-order valence-corrected chi connectivity index (χ0v) is 25.4. The molecule has 0 radical (unpaired) electrons. The van der Waals surface area contributed by atoms with Crippen molar-refractivity contribution < 1.29 is 0 Å². The molecule has 0 saturated heterocycles. The van der Waals surface area contributed by atoms with Gasteiger partial charge in [0, 0.05) is 42.1 Å². The predicted molar refractivity (Wildman–Crippen MR) is 192 cm³/mol. The van der Waals surface area contributed by atoms with Gasteiger partial charge >= 0.3 is 0 Å². The summed E-state index contributed by atoms with van der Waals surface area (Å²) in [6.45, 7) is 0. The molecule has 7 aromatic carbocycles. The maximum atomic E-state index is 5.14. The SMILES string of the molecule is c1ccc(-c2nc(-c3ccccc3)nc(-n3c4cccc5ccc6cc(-c7ccc8sc9ccccc9c8c7)cc3c6c54)n2)cc1. The van der Waals surface area contributed by atoms with Crippen LogP contribution in [0.2, 0.25) is 0 Å². The molecule has 0 spiro atoms. The summed E-state index contributed by atoms with van der Waals surface area (Å²) >= 11 is 1.85. The normalized spacial score (nSPS) is 11.9. The minimum Gasteiger partial charge on any atom is -0.278 e. The molecular weight excluding hydrogens is 581 g/mol. The van der Waals surface area contributed by atoms with Crippen LogP contribution in [0, 0.1) is 0 Å². The quantitative estimate of drug-likeness (QED) is 0.188. The Labute approximate surface area is 268 Å². The number of hydrogen-bond donors (Lipinski definition) is 0. The topological polar surface area (TPSA) is 43.6 Å². The summed E-state index contributed by atoms with van der Waals surface area (Å²) in [5.41, 5.74) is 6.42. The molecule has 3 aromatic heterocycles. The van der Waals surface area contributed by atoms with Crippen molar-refractivity contribution in [3.05, 3.63) is 146 Å². The molecule has 0 aliphatic heterocycles. The van der Waals surface area contributed by atoms with Crippen molar-refractivity contribution in [2.45, 2.75) is 0 Å². The van der Waals surface area contributed by atoms with E-state index in [9.17, 15) is 0 Å². The number of benzene rings is 7. The highest BCUT2D eigenvalue weighted by molar-refractivity contribution is 7.25. The van der Waals surface area contributed by atoms with Crippen LogP contribution in [-0.2, 0) is 0 Å². The van der Waals surface area contributed by atoms with Gasteiger partial charge in [0.2, 0.25) is 5.95 Å². The van der Waals surface area contributed by atoms with Crippen LogP contribution in [0.5, 0.6) is 0 Å². The van der Waals surface area contributed by atoms with Gasteiger partial charge in [0.25, 0.3) is 0 Å². The fourth-order valence-corrected chi connectivity index (χ4v) is 7.96. The Morgan fingerprint density at radius 3 is 1.87 bits per heavy atom. The first kappa shape index (κ1) is 25.4. The molecular formula is C41H24N4S. The van der Waals surface area contributed by atoms with Crippen molar-refractivity contribution in [2.24, 2.45) is 0 Å². The van der Waals surface area contributed by atoms with E-state index >= 15 is 0 Å². The van der Waals surface area contributed by atoms with E-state index < -0.39 is 0 Å². The average Bonchev–Trinajstić information content (AvgIpc) is 3.67. The minimum absolute atomic E-state index is 0.606. The molecule has 0 aliphatic rings. The molecule has 0 saturated carbocycles. The number of thiophene rings is 1. The van der Waals surface area contributed by atoms with Gasteiger partial charge in [-0.3, -0.25) is 4.57 Å². The second-order valence-corrected chi connectivity index (χ2v) is 12.8. The Morgan fingerprint density at radius 2 is 1.09 bits per heavy atom. The smallest absolute Gasteiger partial charge is 0.238 e. The van der Waals surface area contributed by atoms with Gasteiger partial charge in [-0.15, -0.1) is 11.3 Å². The molecule has 0 atom stereocenters. The van der Waals surface area contributed by atoms with Crippen molar-refractivity contribution >= 4 is 64.1 Å². The van der Waals surface area contributed by atoms with Gasteiger partial charge in [-0.1, -0.05) is 109 Å². The molecule has 10 aromatic rings. The minimum atomic E-state index is 0.606. The summed E-state index contributed by atoms with van der Waals surface area (Å²) in [7, 11) is 0. The Kier molecular flexibility index (Phi) is 5.41. The summed E-state index contributed by atoms with van der Waals surface area (Å²) in [4.78, 5) is 15.2. The van der Waals surface area contributed by atoms with Gasteiger partial charge in [0.1, 0.15) is 0 Å². The first-order chi connectivity index (χ1) is 22.8. The first-order valence-corrected chi connectivity index (χ1v) is 16.2. The van der Waals surface area contributed by atoms with Gasteiger partial charge in [-0.05, 0) is 58.3 Å². The predicted octanol–water partition coefficient (Wildman–Crippen LogP) is 10.9. The summed E-state index contributed by atoms with van der Waals surface area (Å²) in [5, 5.41) is 7.45. The van der Waals surface area contributed by atoms with Crippen LogP contribution in [0.25, 0.3) is 92.6 Å². The van der Waals surface area contributed by atoms with Gasteiger partial charge in [0.05, 0.1) is 11.0 Å². The third-order valence-corrected chi connectivity index (χ3v) is 10.1. The Hall–Kier alpha value is -5.91. The largest absolute Gasteiger partial charge is 0.278 e. The highest BCUT2D eigenvalue weighted by Gasteiger charge is 2.21. The third-order valence-electron chi connectivity index (χ3n) is 8.99.